The van der Waals surface area contributed by atoms with Gasteiger partial charge < -0.3 is 5.32 Å². The molecule has 0 aliphatic heterocycles. The van der Waals surface area contributed by atoms with E-state index in [1.165, 1.54) is 0 Å². The van der Waals surface area contributed by atoms with Crippen molar-refractivity contribution in [3.05, 3.63) is 46.3 Å². The molecule has 1 N–H and O–H groups in total. The molecule has 3 nitrogen and oxygen atoms in total. The Morgan fingerprint density at radius 1 is 1.15 bits per heavy atom. The minimum atomic E-state index is 0.571. The number of nitrogens with one attached hydrogen (secondary N) is 1. The number of thioether (sulfide) groups is 1. The summed E-state index contributed by atoms with van der Waals surface area (Å²) in [5.74, 6) is 1.56. The zero-order chi connectivity index (χ0) is 14.4. The highest BCUT2D eigenvalue weighted by Crippen LogP contribution is 2.29. The minimum absolute atomic E-state index is 0.571. The zero-order valence-corrected chi connectivity index (χ0v) is 13.4. The SMILES string of the molecule is CCCNc1cnc(CSc2ccc(Cl)c(Cl)c2)cn1. The first-order valence-electron chi connectivity index (χ1n) is 6.31. The highest BCUT2D eigenvalue weighted by atomic mass is 35.5. The van der Waals surface area contributed by atoms with E-state index in [2.05, 4.69) is 22.2 Å². The quantitative estimate of drug-likeness (QED) is 0.766. The fraction of sp³-hybridized carbons (Fsp3) is 0.286. The van der Waals surface area contributed by atoms with Crippen LogP contribution in [0.4, 0.5) is 5.82 Å². The first-order chi connectivity index (χ1) is 9.69. The third-order valence-electron chi connectivity index (χ3n) is 2.54. The first kappa shape index (κ1) is 15.4. The highest BCUT2D eigenvalue weighted by Gasteiger charge is 2.02. The van der Waals surface area contributed by atoms with E-state index >= 15 is 0 Å². The van der Waals surface area contributed by atoms with Crippen molar-refractivity contribution in [1.29, 1.82) is 0 Å². The molecule has 1 aromatic heterocycles. The van der Waals surface area contributed by atoms with E-state index in [1.54, 1.807) is 30.2 Å². The molecule has 2 aromatic rings. The molecule has 0 aliphatic carbocycles. The van der Waals surface area contributed by atoms with Gasteiger partial charge in [0.2, 0.25) is 0 Å². The van der Waals surface area contributed by atoms with Crippen LogP contribution in [0.1, 0.15) is 19.0 Å². The van der Waals surface area contributed by atoms with Gasteiger partial charge in [0.05, 0.1) is 28.1 Å². The van der Waals surface area contributed by atoms with Crippen LogP contribution in [0, 0.1) is 0 Å². The summed E-state index contributed by atoms with van der Waals surface area (Å²) in [5.41, 5.74) is 0.933. The number of aromatic nitrogens is 2. The maximum absolute atomic E-state index is 5.98. The van der Waals surface area contributed by atoms with Crippen molar-refractivity contribution in [2.24, 2.45) is 0 Å². The van der Waals surface area contributed by atoms with E-state index in [9.17, 15) is 0 Å². The highest BCUT2D eigenvalue weighted by molar-refractivity contribution is 7.98. The average Bonchev–Trinajstić information content (AvgIpc) is 2.47. The zero-order valence-electron chi connectivity index (χ0n) is 11.1. The standard InChI is InChI=1S/C14H15Cl2N3S/c1-2-5-17-14-8-18-10(7-19-14)9-20-11-3-4-12(15)13(16)6-11/h3-4,6-8H,2,5,9H2,1H3,(H,17,19). The van der Waals surface area contributed by atoms with Crippen LogP contribution in [-0.2, 0) is 5.75 Å². The minimum Gasteiger partial charge on any atom is -0.369 e. The van der Waals surface area contributed by atoms with Crippen LogP contribution in [0.3, 0.4) is 0 Å². The molecule has 1 heterocycles. The molecule has 0 unspecified atom stereocenters. The van der Waals surface area contributed by atoms with Crippen molar-refractivity contribution >= 4 is 40.8 Å². The van der Waals surface area contributed by atoms with Crippen molar-refractivity contribution in [2.75, 3.05) is 11.9 Å². The Bertz CT molecular complexity index is 561. The van der Waals surface area contributed by atoms with Crippen molar-refractivity contribution < 1.29 is 0 Å². The van der Waals surface area contributed by atoms with Crippen molar-refractivity contribution in [1.82, 2.24) is 9.97 Å². The fourth-order valence-electron chi connectivity index (χ4n) is 1.50. The summed E-state index contributed by atoms with van der Waals surface area (Å²) in [6, 6.07) is 5.61. The monoisotopic (exact) mass is 327 g/mol. The smallest absolute Gasteiger partial charge is 0.144 e. The molecule has 0 bridgehead atoms. The second-order valence-corrected chi connectivity index (χ2v) is 6.05. The Kier molecular flexibility index (Phi) is 5.95. The number of halogens is 2. The van der Waals surface area contributed by atoms with Gasteiger partial charge in [0.15, 0.2) is 0 Å². The third kappa shape index (κ3) is 4.54. The average molecular weight is 328 g/mol. The predicted octanol–water partition coefficient (Wildman–Crippen LogP) is 4.90. The van der Waals surface area contributed by atoms with Crippen molar-refractivity contribution in [3.8, 4) is 0 Å². The van der Waals surface area contributed by atoms with Crippen LogP contribution in [-0.4, -0.2) is 16.5 Å². The fourth-order valence-corrected chi connectivity index (χ4v) is 2.69. The lowest BCUT2D eigenvalue weighted by Crippen LogP contribution is -2.02. The molecule has 20 heavy (non-hydrogen) atoms. The van der Waals surface area contributed by atoms with Crippen LogP contribution in [0.25, 0.3) is 0 Å². The second-order valence-electron chi connectivity index (χ2n) is 4.18. The van der Waals surface area contributed by atoms with Gasteiger partial charge in [-0.3, -0.25) is 4.98 Å². The summed E-state index contributed by atoms with van der Waals surface area (Å²) in [7, 11) is 0. The number of nitrogens with zero attached hydrogens (tertiary/aromatic N) is 2. The van der Waals surface area contributed by atoms with E-state index in [0.29, 0.717) is 10.0 Å². The van der Waals surface area contributed by atoms with Crippen LogP contribution in [0.2, 0.25) is 10.0 Å². The molecule has 0 saturated carbocycles. The number of benzene rings is 1. The Labute approximate surface area is 133 Å². The van der Waals surface area contributed by atoms with E-state index in [0.717, 1.165) is 35.1 Å². The van der Waals surface area contributed by atoms with Gasteiger partial charge in [-0.15, -0.1) is 11.8 Å². The maximum atomic E-state index is 5.98. The van der Waals surface area contributed by atoms with Gasteiger partial charge in [-0.1, -0.05) is 30.1 Å². The van der Waals surface area contributed by atoms with Crippen LogP contribution in [0.15, 0.2) is 35.5 Å². The second kappa shape index (κ2) is 7.72. The number of anilines is 1. The number of hydrogen-bond donors (Lipinski definition) is 1. The molecule has 1 aromatic carbocycles. The summed E-state index contributed by atoms with van der Waals surface area (Å²) < 4.78 is 0. The number of rotatable bonds is 6. The molecular formula is C14H15Cl2N3S. The molecule has 0 amide bonds. The molecule has 0 fully saturated rings. The molecule has 0 atom stereocenters. The molecule has 0 saturated heterocycles. The molecule has 2 rings (SSSR count). The van der Waals surface area contributed by atoms with Gasteiger partial charge in [-0.25, -0.2) is 4.98 Å². The molecule has 106 valence electrons. The topological polar surface area (TPSA) is 37.8 Å². The Balaban J connectivity index is 1.91. The lowest BCUT2D eigenvalue weighted by molar-refractivity contribution is 0.960. The van der Waals surface area contributed by atoms with E-state index in [-0.39, 0.29) is 0 Å². The van der Waals surface area contributed by atoms with Crippen LogP contribution < -0.4 is 5.32 Å². The summed E-state index contributed by atoms with van der Waals surface area (Å²) in [6.45, 7) is 3.02. The van der Waals surface area contributed by atoms with E-state index < -0.39 is 0 Å². The number of hydrogen-bond acceptors (Lipinski definition) is 4. The van der Waals surface area contributed by atoms with Gasteiger partial charge in [0, 0.05) is 17.2 Å². The molecule has 0 radical (unpaired) electrons. The van der Waals surface area contributed by atoms with Crippen molar-refractivity contribution in [2.45, 2.75) is 24.0 Å². The first-order valence-corrected chi connectivity index (χ1v) is 8.06. The molecular weight excluding hydrogens is 313 g/mol. The van der Waals surface area contributed by atoms with Gasteiger partial charge in [0.1, 0.15) is 5.82 Å². The van der Waals surface area contributed by atoms with Crippen molar-refractivity contribution in [3.63, 3.8) is 0 Å². The Morgan fingerprint density at radius 3 is 2.65 bits per heavy atom. The lowest BCUT2D eigenvalue weighted by atomic mass is 10.4. The van der Waals surface area contributed by atoms with Gasteiger partial charge >= 0.3 is 0 Å². The summed E-state index contributed by atoms with van der Waals surface area (Å²) in [6.07, 6.45) is 4.62. The summed E-state index contributed by atoms with van der Waals surface area (Å²) in [4.78, 5) is 9.77. The maximum Gasteiger partial charge on any atom is 0.144 e. The lowest BCUT2D eigenvalue weighted by Gasteiger charge is -2.05. The summed E-state index contributed by atoms with van der Waals surface area (Å²) >= 11 is 13.5. The Hall–Kier alpha value is -0.970. The molecule has 0 spiro atoms. The normalized spacial score (nSPS) is 10.6. The van der Waals surface area contributed by atoms with Crippen LogP contribution >= 0.6 is 35.0 Å². The van der Waals surface area contributed by atoms with Gasteiger partial charge in [-0.2, -0.15) is 0 Å². The molecule has 6 heteroatoms. The van der Waals surface area contributed by atoms with E-state index in [1.807, 2.05) is 12.1 Å². The third-order valence-corrected chi connectivity index (χ3v) is 4.31. The molecule has 0 aliphatic rings. The van der Waals surface area contributed by atoms with E-state index in [4.69, 9.17) is 23.2 Å². The Morgan fingerprint density at radius 2 is 2.00 bits per heavy atom. The van der Waals surface area contributed by atoms with Crippen LogP contribution in [0.5, 0.6) is 0 Å². The predicted molar refractivity (Wildman–Crippen MR) is 86.8 cm³/mol. The van der Waals surface area contributed by atoms with Gasteiger partial charge in [0.25, 0.3) is 0 Å². The summed E-state index contributed by atoms with van der Waals surface area (Å²) in [5, 5.41) is 4.34. The largest absolute Gasteiger partial charge is 0.369 e. The van der Waals surface area contributed by atoms with Gasteiger partial charge in [-0.05, 0) is 24.6 Å².